The van der Waals surface area contributed by atoms with Crippen LogP contribution in [0.3, 0.4) is 0 Å². The van der Waals surface area contributed by atoms with Gasteiger partial charge in [-0.15, -0.1) is 0 Å². The molecule has 0 radical (unpaired) electrons. The molecule has 128 valence electrons. The van der Waals surface area contributed by atoms with Gasteiger partial charge >= 0.3 is 6.61 Å². The predicted molar refractivity (Wildman–Crippen MR) is 85.6 cm³/mol. The summed E-state index contributed by atoms with van der Waals surface area (Å²) in [4.78, 5) is 14.0. The van der Waals surface area contributed by atoms with E-state index in [4.69, 9.17) is 11.6 Å². The largest absolute Gasteiger partial charge is 0.345 e. The van der Waals surface area contributed by atoms with E-state index in [2.05, 4.69) is 4.74 Å². The number of rotatable bonds is 6. The van der Waals surface area contributed by atoms with E-state index in [0.717, 1.165) is 12.0 Å². The lowest BCUT2D eigenvalue weighted by molar-refractivity contribution is -0.160. The lowest BCUT2D eigenvalue weighted by Gasteiger charge is -2.27. The minimum absolute atomic E-state index is 0.00988. The molecule has 0 saturated carbocycles. The third kappa shape index (κ3) is 5.74. The zero-order valence-electron chi connectivity index (χ0n) is 13.4. The van der Waals surface area contributed by atoms with E-state index >= 15 is 0 Å². The van der Waals surface area contributed by atoms with Crippen molar-refractivity contribution in [3.05, 3.63) is 34.9 Å². The number of carbonyl (C=O) groups excluding carboxylic acids is 1. The molecule has 3 nitrogen and oxygen atoms in total. The molecule has 0 bridgehead atoms. The Balaban J connectivity index is 1.87. The predicted octanol–water partition coefficient (Wildman–Crippen LogP) is 4.14. The van der Waals surface area contributed by atoms with Gasteiger partial charge in [0.2, 0.25) is 5.91 Å². The van der Waals surface area contributed by atoms with Crippen molar-refractivity contribution >= 4 is 17.5 Å². The zero-order chi connectivity index (χ0) is 17.0. The zero-order valence-corrected chi connectivity index (χ0v) is 14.2. The van der Waals surface area contributed by atoms with Gasteiger partial charge in [-0.05, 0) is 36.0 Å². The maximum Gasteiger partial charge on any atom is 0.345 e. The summed E-state index contributed by atoms with van der Waals surface area (Å²) in [5.74, 6) is -0.00988. The molecule has 0 unspecified atom stereocenters. The van der Waals surface area contributed by atoms with Crippen molar-refractivity contribution in [2.75, 3.05) is 13.1 Å². The minimum Gasteiger partial charge on any atom is -0.340 e. The van der Waals surface area contributed by atoms with Crippen LogP contribution in [-0.4, -0.2) is 36.6 Å². The van der Waals surface area contributed by atoms with Gasteiger partial charge in [-0.1, -0.05) is 37.6 Å². The van der Waals surface area contributed by atoms with Crippen LogP contribution in [0.1, 0.15) is 32.3 Å². The normalized spacial score (nSPS) is 18.7. The Morgan fingerprint density at radius 2 is 2.04 bits per heavy atom. The van der Waals surface area contributed by atoms with Crippen molar-refractivity contribution in [3.8, 4) is 0 Å². The van der Waals surface area contributed by atoms with E-state index in [1.165, 1.54) is 0 Å². The van der Waals surface area contributed by atoms with Crippen molar-refractivity contribution < 1.29 is 18.3 Å². The molecule has 1 aromatic carbocycles. The SMILES string of the molecule is CC(C)(CC(=O)N1CC[C@H](OC(F)F)C1)Cc1ccc(Cl)cc1. The van der Waals surface area contributed by atoms with Crippen molar-refractivity contribution in [3.63, 3.8) is 0 Å². The number of nitrogens with zero attached hydrogens (tertiary/aromatic N) is 1. The summed E-state index contributed by atoms with van der Waals surface area (Å²) in [5.41, 5.74) is 0.902. The highest BCUT2D eigenvalue weighted by atomic mass is 35.5. The fourth-order valence-electron chi connectivity index (χ4n) is 2.95. The first-order valence-corrected chi connectivity index (χ1v) is 8.09. The third-order valence-corrected chi connectivity index (χ3v) is 4.27. The second-order valence-electron chi connectivity index (χ2n) is 6.79. The molecule has 1 saturated heterocycles. The molecule has 1 amide bonds. The van der Waals surface area contributed by atoms with Crippen LogP contribution in [-0.2, 0) is 16.0 Å². The fraction of sp³-hybridized carbons (Fsp3) is 0.588. The van der Waals surface area contributed by atoms with Crippen molar-refractivity contribution in [1.82, 2.24) is 4.90 Å². The molecule has 1 aromatic rings. The van der Waals surface area contributed by atoms with Gasteiger partial charge in [0.05, 0.1) is 6.10 Å². The Kier molecular flexibility index (Phi) is 5.98. The van der Waals surface area contributed by atoms with Crippen LogP contribution in [0.2, 0.25) is 5.02 Å². The molecule has 1 aliphatic heterocycles. The molecular weight excluding hydrogens is 324 g/mol. The minimum atomic E-state index is -2.78. The number of hydrogen-bond donors (Lipinski definition) is 0. The van der Waals surface area contributed by atoms with Crippen LogP contribution in [0.5, 0.6) is 0 Å². The highest BCUT2D eigenvalue weighted by molar-refractivity contribution is 6.30. The molecule has 1 heterocycles. The van der Waals surface area contributed by atoms with Crippen LogP contribution in [0, 0.1) is 5.41 Å². The number of carbonyl (C=O) groups is 1. The van der Waals surface area contributed by atoms with Crippen molar-refractivity contribution in [2.45, 2.75) is 45.8 Å². The molecule has 0 spiro atoms. The van der Waals surface area contributed by atoms with E-state index < -0.39 is 12.7 Å². The summed E-state index contributed by atoms with van der Waals surface area (Å²) >= 11 is 5.88. The van der Waals surface area contributed by atoms with Gasteiger partial charge in [0, 0.05) is 24.5 Å². The van der Waals surface area contributed by atoms with Crippen LogP contribution in [0.15, 0.2) is 24.3 Å². The highest BCUT2D eigenvalue weighted by Crippen LogP contribution is 2.28. The molecule has 1 aliphatic rings. The summed E-state index contributed by atoms with van der Waals surface area (Å²) in [6.45, 7) is 2.01. The van der Waals surface area contributed by atoms with E-state index in [1.807, 2.05) is 38.1 Å². The van der Waals surface area contributed by atoms with E-state index in [1.54, 1.807) is 4.90 Å². The standard InChI is InChI=1S/C17H22ClF2NO2/c1-17(2,9-12-3-5-13(18)6-4-12)10-15(22)21-8-7-14(11-21)23-16(19)20/h3-6,14,16H,7-11H2,1-2H3/t14-/m0/s1. The molecular formula is C17H22ClF2NO2. The van der Waals surface area contributed by atoms with E-state index in [0.29, 0.717) is 24.4 Å². The number of amides is 1. The first-order chi connectivity index (χ1) is 10.7. The average molecular weight is 346 g/mol. The monoisotopic (exact) mass is 345 g/mol. The molecule has 1 atom stereocenters. The van der Waals surface area contributed by atoms with Gasteiger partial charge < -0.3 is 9.64 Å². The summed E-state index contributed by atoms with van der Waals surface area (Å²) in [5, 5.41) is 0.685. The van der Waals surface area contributed by atoms with Gasteiger partial charge in [0.1, 0.15) is 0 Å². The number of alkyl halides is 2. The maximum absolute atomic E-state index is 12.4. The molecule has 1 fully saturated rings. The number of hydrogen-bond acceptors (Lipinski definition) is 2. The number of benzene rings is 1. The average Bonchev–Trinajstić information content (AvgIpc) is 2.88. The van der Waals surface area contributed by atoms with Crippen LogP contribution >= 0.6 is 11.6 Å². The quantitative estimate of drug-likeness (QED) is 0.775. The fourth-order valence-corrected chi connectivity index (χ4v) is 3.08. The van der Waals surface area contributed by atoms with Crippen LogP contribution in [0.25, 0.3) is 0 Å². The number of ether oxygens (including phenoxy) is 1. The Morgan fingerprint density at radius 3 is 2.65 bits per heavy atom. The molecule has 0 aliphatic carbocycles. The van der Waals surface area contributed by atoms with Crippen molar-refractivity contribution in [1.29, 1.82) is 0 Å². The van der Waals surface area contributed by atoms with Gasteiger partial charge in [-0.25, -0.2) is 0 Å². The third-order valence-electron chi connectivity index (χ3n) is 4.02. The topological polar surface area (TPSA) is 29.5 Å². The smallest absolute Gasteiger partial charge is 0.340 e. The Hall–Kier alpha value is -1.20. The second-order valence-corrected chi connectivity index (χ2v) is 7.23. The lowest BCUT2D eigenvalue weighted by atomic mass is 9.82. The van der Waals surface area contributed by atoms with Crippen molar-refractivity contribution in [2.24, 2.45) is 5.41 Å². The first kappa shape index (κ1) is 18.1. The van der Waals surface area contributed by atoms with E-state index in [9.17, 15) is 13.6 Å². The Morgan fingerprint density at radius 1 is 1.39 bits per heavy atom. The molecule has 0 aromatic heterocycles. The molecule has 23 heavy (non-hydrogen) atoms. The van der Waals surface area contributed by atoms with Gasteiger partial charge in [0.25, 0.3) is 0 Å². The van der Waals surface area contributed by atoms with Gasteiger partial charge in [-0.2, -0.15) is 8.78 Å². The summed E-state index contributed by atoms with van der Waals surface area (Å²) < 4.78 is 28.9. The summed E-state index contributed by atoms with van der Waals surface area (Å²) in [6.07, 6.45) is 1.03. The lowest BCUT2D eigenvalue weighted by Crippen LogP contribution is -2.34. The maximum atomic E-state index is 12.4. The second kappa shape index (κ2) is 7.58. The molecule has 6 heteroatoms. The Bertz CT molecular complexity index is 534. The molecule has 0 N–H and O–H groups in total. The van der Waals surface area contributed by atoms with Gasteiger partial charge in [-0.3, -0.25) is 4.79 Å². The Labute approximate surface area is 140 Å². The van der Waals surface area contributed by atoms with Gasteiger partial charge in [0.15, 0.2) is 0 Å². The van der Waals surface area contributed by atoms with E-state index in [-0.39, 0.29) is 17.9 Å². The van der Waals surface area contributed by atoms with Crippen LogP contribution < -0.4 is 0 Å². The summed E-state index contributed by atoms with van der Waals surface area (Å²) in [6, 6.07) is 7.58. The van der Waals surface area contributed by atoms with Crippen LogP contribution in [0.4, 0.5) is 8.78 Å². The summed E-state index contributed by atoms with van der Waals surface area (Å²) in [7, 11) is 0. The highest BCUT2D eigenvalue weighted by Gasteiger charge is 2.32. The number of halogens is 3. The number of likely N-dealkylation sites (tertiary alicyclic amines) is 1. The molecule has 2 rings (SSSR count). The first-order valence-electron chi connectivity index (χ1n) is 7.71.